The third-order valence-corrected chi connectivity index (χ3v) is 1.16. The first kappa shape index (κ1) is 8.22. The maximum absolute atomic E-state index is 3.79. The first-order chi connectivity index (χ1) is 4.31. The highest BCUT2D eigenvalue weighted by molar-refractivity contribution is 5.11. The molecular weight excluding hydrogens is 108 g/mol. The SMILES string of the molecule is C=CC(=C)CC/C=C/C. The van der Waals surface area contributed by atoms with Gasteiger partial charge >= 0.3 is 0 Å². The van der Waals surface area contributed by atoms with Crippen molar-refractivity contribution in [2.24, 2.45) is 0 Å². The van der Waals surface area contributed by atoms with E-state index in [0.717, 1.165) is 18.4 Å². The second kappa shape index (κ2) is 5.36. The predicted molar refractivity (Wildman–Crippen MR) is 43.4 cm³/mol. The molecule has 0 spiro atoms. The second-order valence-corrected chi connectivity index (χ2v) is 1.97. The van der Waals surface area contributed by atoms with Crippen molar-refractivity contribution in [3.63, 3.8) is 0 Å². The van der Waals surface area contributed by atoms with Crippen molar-refractivity contribution in [3.05, 3.63) is 37.0 Å². The van der Waals surface area contributed by atoms with Crippen molar-refractivity contribution in [1.29, 1.82) is 0 Å². The van der Waals surface area contributed by atoms with Gasteiger partial charge in [-0.15, -0.1) is 0 Å². The van der Waals surface area contributed by atoms with E-state index < -0.39 is 0 Å². The van der Waals surface area contributed by atoms with Gasteiger partial charge in [0.25, 0.3) is 0 Å². The molecule has 0 bridgehead atoms. The first-order valence-electron chi connectivity index (χ1n) is 3.22. The lowest BCUT2D eigenvalue weighted by Gasteiger charge is -1.92. The Kier molecular flexibility index (Phi) is 4.89. The molecule has 0 nitrogen and oxygen atoms in total. The molecule has 0 atom stereocenters. The molecule has 0 saturated carbocycles. The fraction of sp³-hybridized carbons (Fsp3) is 0.333. The predicted octanol–water partition coefficient (Wildman–Crippen LogP) is 3.08. The van der Waals surface area contributed by atoms with Crippen LogP contribution in [0.3, 0.4) is 0 Å². The molecule has 0 aliphatic rings. The minimum Gasteiger partial charge on any atom is -0.0988 e. The molecule has 0 heteroatoms. The molecule has 9 heavy (non-hydrogen) atoms. The number of hydrogen-bond acceptors (Lipinski definition) is 0. The summed E-state index contributed by atoms with van der Waals surface area (Å²) < 4.78 is 0. The highest BCUT2D eigenvalue weighted by Crippen LogP contribution is 2.02. The van der Waals surface area contributed by atoms with Crippen LogP contribution in [0.4, 0.5) is 0 Å². The minimum atomic E-state index is 1.04. The molecule has 0 rings (SSSR count). The van der Waals surface area contributed by atoms with Gasteiger partial charge in [0.05, 0.1) is 0 Å². The van der Waals surface area contributed by atoms with Crippen LogP contribution in [0, 0.1) is 0 Å². The molecule has 0 aromatic heterocycles. The summed E-state index contributed by atoms with van der Waals surface area (Å²) in [5, 5.41) is 0. The van der Waals surface area contributed by atoms with E-state index >= 15 is 0 Å². The van der Waals surface area contributed by atoms with Crippen molar-refractivity contribution in [3.8, 4) is 0 Å². The number of allylic oxidation sites excluding steroid dienone is 4. The summed E-state index contributed by atoms with van der Waals surface area (Å²) in [6.45, 7) is 9.43. The maximum Gasteiger partial charge on any atom is -0.0250 e. The van der Waals surface area contributed by atoms with Crippen molar-refractivity contribution >= 4 is 0 Å². The average molecular weight is 122 g/mol. The monoisotopic (exact) mass is 122 g/mol. The van der Waals surface area contributed by atoms with Gasteiger partial charge in [-0.2, -0.15) is 0 Å². The first-order valence-corrected chi connectivity index (χ1v) is 3.22. The Morgan fingerprint density at radius 1 is 1.56 bits per heavy atom. The summed E-state index contributed by atoms with van der Waals surface area (Å²) in [5.41, 5.74) is 1.12. The van der Waals surface area contributed by atoms with Crippen LogP contribution in [0.1, 0.15) is 19.8 Å². The molecule has 0 heterocycles. The van der Waals surface area contributed by atoms with E-state index in [9.17, 15) is 0 Å². The molecule has 0 N–H and O–H groups in total. The van der Waals surface area contributed by atoms with Gasteiger partial charge in [0, 0.05) is 0 Å². The summed E-state index contributed by atoms with van der Waals surface area (Å²) in [6.07, 6.45) is 8.11. The van der Waals surface area contributed by atoms with Gasteiger partial charge in [-0.1, -0.05) is 37.0 Å². The van der Waals surface area contributed by atoms with Crippen molar-refractivity contribution in [1.82, 2.24) is 0 Å². The molecule has 0 amide bonds. The Labute approximate surface area is 57.6 Å². The quantitative estimate of drug-likeness (QED) is 0.397. The molecule has 0 aliphatic heterocycles. The summed E-state index contributed by atoms with van der Waals surface area (Å²) in [7, 11) is 0. The van der Waals surface area contributed by atoms with Gasteiger partial charge in [0.1, 0.15) is 0 Å². The van der Waals surface area contributed by atoms with Gasteiger partial charge in [0.2, 0.25) is 0 Å². The van der Waals surface area contributed by atoms with E-state index in [2.05, 4.69) is 25.3 Å². The Bertz CT molecular complexity index is 118. The van der Waals surface area contributed by atoms with Crippen LogP contribution in [-0.4, -0.2) is 0 Å². The zero-order valence-electron chi connectivity index (χ0n) is 6.06. The molecular formula is C9H14. The Hall–Kier alpha value is -0.780. The van der Waals surface area contributed by atoms with Crippen molar-refractivity contribution in [2.75, 3.05) is 0 Å². The van der Waals surface area contributed by atoms with Crippen molar-refractivity contribution in [2.45, 2.75) is 19.8 Å². The molecule has 0 unspecified atom stereocenters. The Morgan fingerprint density at radius 3 is 2.67 bits per heavy atom. The summed E-state index contributed by atoms with van der Waals surface area (Å²) in [5.74, 6) is 0. The third kappa shape index (κ3) is 5.09. The van der Waals surface area contributed by atoms with E-state index in [1.54, 1.807) is 0 Å². The largest absolute Gasteiger partial charge is 0.0988 e. The van der Waals surface area contributed by atoms with Crippen molar-refractivity contribution < 1.29 is 0 Å². The molecule has 0 aromatic rings. The smallest absolute Gasteiger partial charge is 0.0250 e. The van der Waals surface area contributed by atoms with E-state index in [4.69, 9.17) is 0 Å². The van der Waals surface area contributed by atoms with E-state index in [-0.39, 0.29) is 0 Å². The van der Waals surface area contributed by atoms with Crippen LogP contribution in [0.2, 0.25) is 0 Å². The van der Waals surface area contributed by atoms with Gasteiger partial charge in [-0.05, 0) is 19.8 Å². The third-order valence-electron chi connectivity index (χ3n) is 1.16. The van der Waals surface area contributed by atoms with Crippen LogP contribution < -0.4 is 0 Å². The summed E-state index contributed by atoms with van der Waals surface area (Å²) >= 11 is 0. The van der Waals surface area contributed by atoms with Gasteiger partial charge < -0.3 is 0 Å². The average Bonchev–Trinajstić information content (AvgIpc) is 1.89. The zero-order valence-corrected chi connectivity index (χ0v) is 6.06. The molecule has 0 fully saturated rings. The minimum absolute atomic E-state index is 1.04. The number of rotatable bonds is 4. The highest BCUT2D eigenvalue weighted by Gasteiger charge is 1.82. The summed E-state index contributed by atoms with van der Waals surface area (Å²) in [6, 6.07) is 0. The summed E-state index contributed by atoms with van der Waals surface area (Å²) in [4.78, 5) is 0. The lowest BCUT2D eigenvalue weighted by Crippen LogP contribution is -1.71. The fourth-order valence-corrected chi connectivity index (χ4v) is 0.537. The Balaban J connectivity index is 3.27. The molecule has 0 aromatic carbocycles. The number of hydrogen-bond donors (Lipinski definition) is 0. The van der Waals surface area contributed by atoms with E-state index in [1.807, 2.05) is 13.0 Å². The normalized spacial score (nSPS) is 9.89. The van der Waals surface area contributed by atoms with Crippen LogP contribution in [0.15, 0.2) is 37.0 Å². The van der Waals surface area contributed by atoms with Crippen LogP contribution in [0.5, 0.6) is 0 Å². The zero-order chi connectivity index (χ0) is 7.11. The van der Waals surface area contributed by atoms with Crippen LogP contribution in [0.25, 0.3) is 0 Å². The lowest BCUT2D eigenvalue weighted by molar-refractivity contribution is 1.01. The fourth-order valence-electron chi connectivity index (χ4n) is 0.537. The standard InChI is InChI=1S/C9H14/c1-4-6-7-8-9(3)5-2/h4-6H,2-3,7-8H2,1H3/b6-4+. The molecule has 0 radical (unpaired) electrons. The van der Waals surface area contributed by atoms with Gasteiger partial charge in [-0.3, -0.25) is 0 Å². The lowest BCUT2D eigenvalue weighted by atomic mass is 10.1. The Morgan fingerprint density at radius 2 is 2.22 bits per heavy atom. The van der Waals surface area contributed by atoms with Gasteiger partial charge in [0.15, 0.2) is 0 Å². The van der Waals surface area contributed by atoms with Crippen LogP contribution >= 0.6 is 0 Å². The van der Waals surface area contributed by atoms with Crippen LogP contribution in [-0.2, 0) is 0 Å². The molecule has 50 valence electrons. The van der Waals surface area contributed by atoms with Gasteiger partial charge in [-0.25, -0.2) is 0 Å². The molecule has 0 aliphatic carbocycles. The highest BCUT2D eigenvalue weighted by atomic mass is 13.9. The molecule has 0 saturated heterocycles. The maximum atomic E-state index is 3.79. The van der Waals surface area contributed by atoms with E-state index in [0.29, 0.717) is 0 Å². The second-order valence-electron chi connectivity index (χ2n) is 1.97. The topological polar surface area (TPSA) is 0 Å². The van der Waals surface area contributed by atoms with E-state index in [1.165, 1.54) is 0 Å².